The number of nitrogens with one attached hydrogen (secondary N) is 2. The quantitative estimate of drug-likeness (QED) is 0.862. The Bertz CT molecular complexity index is 323. The molecule has 0 spiro atoms. The van der Waals surface area contributed by atoms with Crippen molar-refractivity contribution in [1.29, 1.82) is 0 Å². The smallest absolute Gasteiger partial charge is 0.220 e. The maximum Gasteiger partial charge on any atom is 0.220 e. The molecular formula is C12H19ClN2OS. The van der Waals surface area contributed by atoms with Crippen LogP contribution in [0.3, 0.4) is 0 Å². The molecule has 2 heterocycles. The van der Waals surface area contributed by atoms with Crippen LogP contribution in [-0.4, -0.2) is 25.0 Å². The van der Waals surface area contributed by atoms with E-state index in [0.717, 1.165) is 19.5 Å². The minimum absolute atomic E-state index is 0. The highest BCUT2D eigenvalue weighted by Crippen LogP contribution is 2.08. The first-order valence-corrected chi connectivity index (χ1v) is 6.80. The lowest BCUT2D eigenvalue weighted by molar-refractivity contribution is -0.121. The van der Waals surface area contributed by atoms with Gasteiger partial charge in [-0.05, 0) is 48.2 Å². The summed E-state index contributed by atoms with van der Waals surface area (Å²) in [4.78, 5) is 11.6. The first-order valence-electron chi connectivity index (χ1n) is 5.86. The fraction of sp³-hybridized carbons (Fsp3) is 0.583. The molecule has 0 aliphatic carbocycles. The third-order valence-electron chi connectivity index (χ3n) is 2.93. The van der Waals surface area contributed by atoms with Crippen LogP contribution in [0.5, 0.6) is 0 Å². The summed E-state index contributed by atoms with van der Waals surface area (Å²) < 4.78 is 0. The SMILES string of the molecule is Cl.O=C(CCc1ccsc1)NCC1CCCN1. The van der Waals surface area contributed by atoms with Crippen molar-refractivity contribution in [2.45, 2.75) is 31.7 Å². The Morgan fingerprint density at radius 3 is 3.12 bits per heavy atom. The van der Waals surface area contributed by atoms with E-state index in [2.05, 4.69) is 27.5 Å². The van der Waals surface area contributed by atoms with Gasteiger partial charge < -0.3 is 10.6 Å². The van der Waals surface area contributed by atoms with Gasteiger partial charge in [0.1, 0.15) is 0 Å². The number of thiophene rings is 1. The Kier molecular flexibility index (Phi) is 6.55. The highest BCUT2D eigenvalue weighted by molar-refractivity contribution is 7.07. The minimum Gasteiger partial charge on any atom is -0.355 e. The van der Waals surface area contributed by atoms with Gasteiger partial charge in [-0.25, -0.2) is 0 Å². The van der Waals surface area contributed by atoms with Crippen LogP contribution in [0.25, 0.3) is 0 Å². The Hall–Kier alpha value is -0.580. The van der Waals surface area contributed by atoms with Gasteiger partial charge in [0.15, 0.2) is 0 Å². The van der Waals surface area contributed by atoms with E-state index in [0.29, 0.717) is 12.5 Å². The van der Waals surface area contributed by atoms with Crippen LogP contribution in [0.1, 0.15) is 24.8 Å². The summed E-state index contributed by atoms with van der Waals surface area (Å²) in [7, 11) is 0. The standard InChI is InChI=1S/C12H18N2OS.ClH/c15-12(4-3-10-5-7-16-9-10)14-8-11-2-1-6-13-11;/h5,7,9,11,13H,1-4,6,8H2,(H,14,15);1H. The van der Waals surface area contributed by atoms with Crippen molar-refractivity contribution in [1.82, 2.24) is 10.6 Å². The summed E-state index contributed by atoms with van der Waals surface area (Å²) in [5, 5.41) is 10.5. The van der Waals surface area contributed by atoms with Gasteiger partial charge in [0.25, 0.3) is 0 Å². The highest BCUT2D eigenvalue weighted by Gasteiger charge is 2.14. The molecule has 2 rings (SSSR count). The van der Waals surface area contributed by atoms with Crippen molar-refractivity contribution in [3.05, 3.63) is 22.4 Å². The number of halogens is 1. The molecule has 0 aromatic carbocycles. The second-order valence-electron chi connectivity index (χ2n) is 4.23. The second kappa shape index (κ2) is 7.69. The molecule has 96 valence electrons. The molecule has 1 aromatic rings. The molecule has 1 aromatic heterocycles. The van der Waals surface area contributed by atoms with Crippen molar-refractivity contribution in [3.63, 3.8) is 0 Å². The average Bonchev–Trinajstić information content (AvgIpc) is 2.96. The van der Waals surface area contributed by atoms with E-state index in [1.54, 1.807) is 11.3 Å². The van der Waals surface area contributed by atoms with Crippen molar-refractivity contribution < 1.29 is 4.79 Å². The van der Waals surface area contributed by atoms with Gasteiger partial charge >= 0.3 is 0 Å². The zero-order chi connectivity index (χ0) is 11.2. The predicted octanol–water partition coefficient (Wildman–Crippen LogP) is 1.97. The van der Waals surface area contributed by atoms with E-state index in [9.17, 15) is 4.79 Å². The maximum atomic E-state index is 11.6. The van der Waals surface area contributed by atoms with Crippen molar-refractivity contribution >= 4 is 29.7 Å². The van der Waals surface area contributed by atoms with Crippen LogP contribution in [0.4, 0.5) is 0 Å². The van der Waals surface area contributed by atoms with E-state index in [1.165, 1.54) is 18.4 Å². The third kappa shape index (κ3) is 5.06. The zero-order valence-corrected chi connectivity index (χ0v) is 11.4. The zero-order valence-electron chi connectivity index (χ0n) is 9.78. The molecule has 5 heteroatoms. The molecule has 0 radical (unpaired) electrons. The Balaban J connectivity index is 0.00000144. The molecule has 3 nitrogen and oxygen atoms in total. The van der Waals surface area contributed by atoms with Gasteiger partial charge in [0.2, 0.25) is 5.91 Å². The first-order chi connectivity index (χ1) is 7.84. The molecule has 0 bridgehead atoms. The topological polar surface area (TPSA) is 41.1 Å². The predicted molar refractivity (Wildman–Crippen MR) is 73.9 cm³/mol. The molecular weight excluding hydrogens is 256 g/mol. The molecule has 1 amide bonds. The monoisotopic (exact) mass is 274 g/mol. The van der Waals surface area contributed by atoms with Crippen LogP contribution in [-0.2, 0) is 11.2 Å². The Labute approximate surface area is 112 Å². The van der Waals surface area contributed by atoms with Crippen molar-refractivity contribution in [2.75, 3.05) is 13.1 Å². The van der Waals surface area contributed by atoms with E-state index in [4.69, 9.17) is 0 Å². The number of aryl methyl sites for hydroxylation is 1. The molecule has 1 fully saturated rings. The largest absolute Gasteiger partial charge is 0.355 e. The first kappa shape index (κ1) is 14.5. The van der Waals surface area contributed by atoms with E-state index >= 15 is 0 Å². The van der Waals surface area contributed by atoms with E-state index in [1.807, 2.05) is 0 Å². The van der Waals surface area contributed by atoms with Crippen LogP contribution < -0.4 is 10.6 Å². The maximum absolute atomic E-state index is 11.6. The van der Waals surface area contributed by atoms with Crippen molar-refractivity contribution in [3.8, 4) is 0 Å². The minimum atomic E-state index is 0. The number of carbonyl (C=O) groups is 1. The fourth-order valence-corrected chi connectivity index (χ4v) is 2.65. The molecule has 1 unspecified atom stereocenters. The summed E-state index contributed by atoms with van der Waals surface area (Å²) in [6.45, 7) is 1.87. The van der Waals surface area contributed by atoms with Crippen LogP contribution in [0.15, 0.2) is 16.8 Å². The van der Waals surface area contributed by atoms with Gasteiger partial charge in [-0.1, -0.05) is 0 Å². The molecule has 1 atom stereocenters. The number of carbonyl (C=O) groups excluding carboxylic acids is 1. The molecule has 2 N–H and O–H groups in total. The van der Waals surface area contributed by atoms with Gasteiger partial charge in [0, 0.05) is 19.0 Å². The lowest BCUT2D eigenvalue weighted by Gasteiger charge is -2.11. The lowest BCUT2D eigenvalue weighted by atomic mass is 10.2. The normalized spacial score (nSPS) is 18.7. The molecule has 1 aliphatic rings. The summed E-state index contributed by atoms with van der Waals surface area (Å²) in [6, 6.07) is 2.57. The van der Waals surface area contributed by atoms with E-state index in [-0.39, 0.29) is 18.3 Å². The van der Waals surface area contributed by atoms with Gasteiger partial charge in [-0.2, -0.15) is 11.3 Å². The van der Waals surface area contributed by atoms with Crippen LogP contribution >= 0.6 is 23.7 Å². The summed E-state index contributed by atoms with van der Waals surface area (Å²) in [6.07, 6.45) is 3.87. The summed E-state index contributed by atoms with van der Waals surface area (Å²) in [5.74, 6) is 0.167. The number of hydrogen-bond acceptors (Lipinski definition) is 3. The molecule has 1 aliphatic heterocycles. The van der Waals surface area contributed by atoms with Crippen molar-refractivity contribution in [2.24, 2.45) is 0 Å². The molecule has 0 saturated carbocycles. The lowest BCUT2D eigenvalue weighted by Crippen LogP contribution is -2.37. The third-order valence-corrected chi connectivity index (χ3v) is 3.66. The van der Waals surface area contributed by atoms with Crippen LogP contribution in [0, 0.1) is 0 Å². The van der Waals surface area contributed by atoms with Crippen LogP contribution in [0.2, 0.25) is 0 Å². The van der Waals surface area contributed by atoms with Gasteiger partial charge in [-0.3, -0.25) is 4.79 Å². The van der Waals surface area contributed by atoms with E-state index < -0.39 is 0 Å². The van der Waals surface area contributed by atoms with Gasteiger partial charge in [0.05, 0.1) is 0 Å². The average molecular weight is 275 g/mol. The summed E-state index contributed by atoms with van der Waals surface area (Å²) in [5.41, 5.74) is 1.26. The Morgan fingerprint density at radius 2 is 2.47 bits per heavy atom. The second-order valence-corrected chi connectivity index (χ2v) is 5.01. The number of rotatable bonds is 5. The molecule has 17 heavy (non-hydrogen) atoms. The number of amides is 1. The molecule has 1 saturated heterocycles. The Morgan fingerprint density at radius 1 is 1.59 bits per heavy atom. The highest BCUT2D eigenvalue weighted by atomic mass is 35.5. The fourth-order valence-electron chi connectivity index (χ4n) is 1.95. The summed E-state index contributed by atoms with van der Waals surface area (Å²) >= 11 is 1.68. The number of hydrogen-bond donors (Lipinski definition) is 2. The van der Waals surface area contributed by atoms with Gasteiger partial charge in [-0.15, -0.1) is 12.4 Å².